The molecule has 68 valence electrons. The Morgan fingerprint density at radius 2 is 1.64 bits per heavy atom. The van der Waals surface area contributed by atoms with Gasteiger partial charge < -0.3 is 9.47 Å². The fraction of sp³-hybridized carbons (Fsp3) is 1.00. The number of ether oxygens (including phenoxy) is 2. The third-order valence-corrected chi connectivity index (χ3v) is 1.43. The Bertz CT molecular complexity index is 61.1. The van der Waals surface area contributed by atoms with Crippen LogP contribution in [0.2, 0.25) is 0 Å². The molecule has 0 radical (unpaired) electrons. The first-order valence-corrected chi connectivity index (χ1v) is 4.81. The molecule has 11 heavy (non-hydrogen) atoms. The van der Waals surface area contributed by atoms with Gasteiger partial charge >= 0.3 is 0 Å². The average molecular weight is 178 g/mol. The normalized spacial score (nSPS) is 10.4. The van der Waals surface area contributed by atoms with Crippen molar-refractivity contribution in [1.29, 1.82) is 0 Å². The second-order valence-corrected chi connectivity index (χ2v) is 2.75. The van der Waals surface area contributed by atoms with Crippen molar-refractivity contribution in [3.8, 4) is 0 Å². The number of hydrogen-bond donors (Lipinski definition) is 1. The van der Waals surface area contributed by atoms with Gasteiger partial charge in [-0.3, -0.25) is 0 Å². The molecule has 0 saturated carbocycles. The van der Waals surface area contributed by atoms with Gasteiger partial charge in [-0.2, -0.15) is 12.6 Å². The highest BCUT2D eigenvalue weighted by Crippen LogP contribution is 1.87. The number of unbranched alkanes of at least 4 members (excludes halogenated alkanes) is 1. The molecular weight excluding hydrogens is 160 g/mol. The molecule has 0 aromatic rings. The molecule has 0 aromatic carbocycles. The molecule has 0 spiro atoms. The van der Waals surface area contributed by atoms with Gasteiger partial charge in [-0.15, -0.1) is 0 Å². The van der Waals surface area contributed by atoms with Gasteiger partial charge in [0.15, 0.2) is 0 Å². The molecule has 2 nitrogen and oxygen atoms in total. The summed E-state index contributed by atoms with van der Waals surface area (Å²) < 4.78 is 10.4. The molecule has 0 aromatic heterocycles. The third-order valence-electron chi connectivity index (χ3n) is 1.25. The maximum absolute atomic E-state index is 5.27. The summed E-state index contributed by atoms with van der Waals surface area (Å²) in [7, 11) is 0. The van der Waals surface area contributed by atoms with Crippen LogP contribution >= 0.6 is 12.6 Å². The first-order chi connectivity index (χ1) is 5.41. The lowest BCUT2D eigenvalue weighted by Gasteiger charge is -2.03. The van der Waals surface area contributed by atoms with Crippen LogP contribution in [0, 0.1) is 0 Å². The Balaban J connectivity index is 2.69. The third kappa shape index (κ3) is 10.3. The minimum atomic E-state index is 0.699. The first-order valence-electron chi connectivity index (χ1n) is 4.18. The molecule has 0 atom stereocenters. The van der Waals surface area contributed by atoms with Gasteiger partial charge in [-0.25, -0.2) is 0 Å². The van der Waals surface area contributed by atoms with E-state index in [4.69, 9.17) is 9.47 Å². The highest BCUT2D eigenvalue weighted by molar-refractivity contribution is 7.80. The molecule has 0 aliphatic carbocycles. The van der Waals surface area contributed by atoms with E-state index in [1.807, 2.05) is 0 Å². The van der Waals surface area contributed by atoms with Crippen LogP contribution < -0.4 is 0 Å². The maximum atomic E-state index is 5.27. The standard InChI is InChI=1S/C8H18O2S/c1-2-3-4-9-5-6-10-7-8-11/h11H,2-8H2,1H3. The summed E-state index contributed by atoms with van der Waals surface area (Å²) in [4.78, 5) is 0. The highest BCUT2D eigenvalue weighted by Gasteiger charge is 1.87. The average Bonchev–Trinajstić information content (AvgIpc) is 2.03. The van der Waals surface area contributed by atoms with E-state index < -0.39 is 0 Å². The monoisotopic (exact) mass is 178 g/mol. The van der Waals surface area contributed by atoms with E-state index in [0.29, 0.717) is 13.2 Å². The summed E-state index contributed by atoms with van der Waals surface area (Å²) in [5.74, 6) is 0.787. The molecule has 0 N–H and O–H groups in total. The zero-order valence-electron chi connectivity index (χ0n) is 7.21. The van der Waals surface area contributed by atoms with Gasteiger partial charge in [-0.1, -0.05) is 13.3 Å². The smallest absolute Gasteiger partial charge is 0.0700 e. The molecular formula is C8H18O2S. The largest absolute Gasteiger partial charge is 0.379 e. The van der Waals surface area contributed by atoms with Crippen molar-refractivity contribution in [2.45, 2.75) is 19.8 Å². The summed E-state index contributed by atoms with van der Waals surface area (Å²) >= 11 is 4.01. The minimum Gasteiger partial charge on any atom is -0.379 e. The minimum absolute atomic E-state index is 0.699. The fourth-order valence-corrected chi connectivity index (χ4v) is 0.762. The summed E-state index contributed by atoms with van der Waals surface area (Å²) in [5, 5.41) is 0. The van der Waals surface area contributed by atoms with Gasteiger partial charge in [0.2, 0.25) is 0 Å². The molecule has 0 bridgehead atoms. The number of thiol groups is 1. The zero-order valence-corrected chi connectivity index (χ0v) is 8.11. The quantitative estimate of drug-likeness (QED) is 0.451. The van der Waals surface area contributed by atoms with Crippen molar-refractivity contribution >= 4 is 12.6 Å². The van der Waals surface area contributed by atoms with Crippen molar-refractivity contribution in [2.24, 2.45) is 0 Å². The van der Waals surface area contributed by atoms with E-state index in [9.17, 15) is 0 Å². The van der Waals surface area contributed by atoms with Gasteiger partial charge in [0.1, 0.15) is 0 Å². The van der Waals surface area contributed by atoms with Crippen molar-refractivity contribution in [2.75, 3.05) is 32.2 Å². The Morgan fingerprint density at radius 3 is 2.18 bits per heavy atom. The lowest BCUT2D eigenvalue weighted by atomic mass is 10.4. The Hall–Kier alpha value is 0.270. The molecule has 0 fully saturated rings. The second kappa shape index (κ2) is 10.3. The van der Waals surface area contributed by atoms with Gasteiger partial charge in [0, 0.05) is 12.4 Å². The van der Waals surface area contributed by atoms with Crippen LogP contribution in [0.15, 0.2) is 0 Å². The molecule has 0 unspecified atom stereocenters. The van der Waals surface area contributed by atoms with Gasteiger partial charge in [-0.05, 0) is 6.42 Å². The summed E-state index contributed by atoms with van der Waals surface area (Å²) in [6.07, 6.45) is 2.34. The molecule has 0 saturated heterocycles. The summed E-state index contributed by atoms with van der Waals surface area (Å²) in [6, 6.07) is 0. The zero-order chi connectivity index (χ0) is 8.36. The Kier molecular flexibility index (Phi) is 10.5. The van der Waals surface area contributed by atoms with Crippen molar-refractivity contribution in [3.05, 3.63) is 0 Å². The molecule has 0 amide bonds. The van der Waals surface area contributed by atoms with E-state index in [1.54, 1.807) is 0 Å². The van der Waals surface area contributed by atoms with Crippen LogP contribution in [0.3, 0.4) is 0 Å². The summed E-state index contributed by atoms with van der Waals surface area (Å²) in [5.41, 5.74) is 0. The van der Waals surface area contributed by atoms with Crippen LogP contribution in [0.5, 0.6) is 0 Å². The highest BCUT2D eigenvalue weighted by atomic mass is 32.1. The van der Waals surface area contributed by atoms with Gasteiger partial charge in [0.05, 0.1) is 19.8 Å². The van der Waals surface area contributed by atoms with Crippen LogP contribution in [-0.4, -0.2) is 32.2 Å². The van der Waals surface area contributed by atoms with Crippen molar-refractivity contribution < 1.29 is 9.47 Å². The number of rotatable bonds is 8. The number of hydrogen-bond acceptors (Lipinski definition) is 3. The van der Waals surface area contributed by atoms with Crippen LogP contribution in [0.1, 0.15) is 19.8 Å². The van der Waals surface area contributed by atoms with E-state index >= 15 is 0 Å². The van der Waals surface area contributed by atoms with Crippen LogP contribution in [-0.2, 0) is 9.47 Å². The van der Waals surface area contributed by atoms with E-state index in [-0.39, 0.29) is 0 Å². The fourth-order valence-electron chi connectivity index (χ4n) is 0.633. The van der Waals surface area contributed by atoms with Crippen LogP contribution in [0.4, 0.5) is 0 Å². The topological polar surface area (TPSA) is 18.5 Å². The molecule has 0 rings (SSSR count). The second-order valence-electron chi connectivity index (χ2n) is 2.30. The Morgan fingerprint density at radius 1 is 1.00 bits per heavy atom. The SMILES string of the molecule is CCCCOCCOCCS. The first kappa shape index (κ1) is 11.3. The lowest BCUT2D eigenvalue weighted by molar-refractivity contribution is 0.0528. The van der Waals surface area contributed by atoms with E-state index in [2.05, 4.69) is 19.6 Å². The van der Waals surface area contributed by atoms with Crippen molar-refractivity contribution in [3.63, 3.8) is 0 Å². The van der Waals surface area contributed by atoms with E-state index in [1.165, 1.54) is 6.42 Å². The Labute approximate surface area is 74.7 Å². The molecule has 0 aliphatic rings. The molecule has 0 aliphatic heterocycles. The van der Waals surface area contributed by atoms with E-state index in [0.717, 1.165) is 25.4 Å². The predicted molar refractivity (Wildman–Crippen MR) is 50.4 cm³/mol. The molecule has 3 heteroatoms. The summed E-state index contributed by atoms with van der Waals surface area (Å²) in [6.45, 7) is 5.15. The molecule has 0 heterocycles. The maximum Gasteiger partial charge on any atom is 0.0700 e. The predicted octanol–water partition coefficient (Wildman–Crippen LogP) is 1.75. The van der Waals surface area contributed by atoms with Gasteiger partial charge in [0.25, 0.3) is 0 Å². The van der Waals surface area contributed by atoms with Crippen LogP contribution in [0.25, 0.3) is 0 Å². The van der Waals surface area contributed by atoms with Crippen molar-refractivity contribution in [1.82, 2.24) is 0 Å². The lowest BCUT2D eigenvalue weighted by Crippen LogP contribution is -2.06.